The van der Waals surface area contributed by atoms with Crippen molar-refractivity contribution in [3.63, 3.8) is 0 Å². The number of hydrogen-bond donors (Lipinski definition) is 0. The summed E-state index contributed by atoms with van der Waals surface area (Å²) < 4.78 is 16.1. The van der Waals surface area contributed by atoms with Crippen LogP contribution in [0.4, 0.5) is 4.39 Å². The number of fused-ring (bicyclic) bond motifs is 1. The summed E-state index contributed by atoms with van der Waals surface area (Å²) in [4.78, 5) is 41.1. The molecule has 0 unspecified atom stereocenters. The van der Waals surface area contributed by atoms with Gasteiger partial charge in [0.1, 0.15) is 11.6 Å². The molecule has 6 atom stereocenters. The first-order chi connectivity index (χ1) is 18.3. The van der Waals surface area contributed by atoms with Crippen LogP contribution in [0, 0.1) is 41.8 Å². The van der Waals surface area contributed by atoms with Gasteiger partial charge < -0.3 is 4.90 Å². The number of Topliss-reactive ketones (excluding diaryl/α,β-unsaturated/α-hetero) is 2. The minimum absolute atomic E-state index is 0.0634. The van der Waals surface area contributed by atoms with Gasteiger partial charge in [-0.2, -0.15) is 5.10 Å². The van der Waals surface area contributed by atoms with Crippen molar-refractivity contribution in [2.24, 2.45) is 29.1 Å². The molecule has 6 nitrogen and oxygen atoms in total. The van der Waals surface area contributed by atoms with Gasteiger partial charge in [0.05, 0.1) is 40.0 Å². The highest BCUT2D eigenvalue weighted by Crippen LogP contribution is 2.67. The molecular weight excluding hydrogens is 540 g/mol. The average Bonchev–Trinajstić information content (AvgIpc) is 3.25. The molecule has 3 aliphatic rings. The smallest absolute Gasteiger partial charge is 0.257 e. The number of rotatable bonds is 7. The first-order valence-corrected chi connectivity index (χ1v) is 14.6. The highest BCUT2D eigenvalue weighted by molar-refractivity contribution is 6.40. The van der Waals surface area contributed by atoms with Crippen LogP contribution >= 0.6 is 23.2 Å². The molecule has 210 valence electrons. The van der Waals surface area contributed by atoms with E-state index in [9.17, 15) is 18.8 Å². The van der Waals surface area contributed by atoms with E-state index in [1.807, 2.05) is 11.6 Å². The topological polar surface area (TPSA) is 72.3 Å². The van der Waals surface area contributed by atoms with E-state index < -0.39 is 11.6 Å². The van der Waals surface area contributed by atoms with E-state index in [-0.39, 0.29) is 63.2 Å². The Bertz CT molecular complexity index is 1320. The lowest BCUT2D eigenvalue weighted by atomic mass is 9.76. The zero-order valence-corrected chi connectivity index (χ0v) is 24.7. The molecular formula is C30H36Cl2FN3O3. The van der Waals surface area contributed by atoms with Crippen molar-refractivity contribution in [1.82, 2.24) is 14.7 Å². The molecule has 0 bridgehead atoms. The second kappa shape index (κ2) is 10.3. The third-order valence-corrected chi connectivity index (χ3v) is 10.6. The predicted molar refractivity (Wildman–Crippen MR) is 149 cm³/mol. The molecule has 39 heavy (non-hydrogen) atoms. The first kappa shape index (κ1) is 28.3. The van der Waals surface area contributed by atoms with E-state index in [1.54, 1.807) is 18.0 Å². The molecule has 0 N–H and O–H groups in total. The monoisotopic (exact) mass is 575 g/mol. The van der Waals surface area contributed by atoms with E-state index in [2.05, 4.69) is 25.9 Å². The van der Waals surface area contributed by atoms with Crippen molar-refractivity contribution in [1.29, 1.82) is 0 Å². The third-order valence-electron chi connectivity index (χ3n) is 9.96. The Morgan fingerprint density at radius 2 is 1.79 bits per heavy atom. The van der Waals surface area contributed by atoms with Gasteiger partial charge in [-0.1, -0.05) is 44.0 Å². The Morgan fingerprint density at radius 3 is 2.41 bits per heavy atom. The number of amides is 1. The molecule has 1 heterocycles. The molecule has 0 saturated heterocycles. The standard InChI is InChI=1S/C30H36Cl2FN3O3/c1-15-10-18(6-7-20(15)17(3)37)36-16(2)21(13-34-36)29(39)35(19-11-22-23(12-19)30(22,4)5)14-26(38)27-24(31)8-9-25(33)28(27)32/h8-9,13,15,18-20,22-23H,6-7,10-12,14H2,1-5H3/t15-,18+,19-,20+,22+,23-/m1/s1. The number of carbonyl (C=O) groups excluding carboxylic acids is 3. The second-order valence-electron chi connectivity index (χ2n) is 12.5. The van der Waals surface area contributed by atoms with Gasteiger partial charge in [0.15, 0.2) is 5.78 Å². The fraction of sp³-hybridized carbons (Fsp3) is 0.600. The summed E-state index contributed by atoms with van der Waals surface area (Å²) in [5.41, 5.74) is 1.37. The SMILES string of the molecule is CC(=O)[C@H]1CC[C@H](n2ncc(C(=O)N(CC(=O)c3c(Cl)ccc(F)c3Cl)[C@H]3C[C@@H]4[C@H](C3)C4(C)C)c2C)C[C@H]1C. The lowest BCUT2D eigenvalue weighted by Crippen LogP contribution is -2.44. The number of halogens is 3. The third kappa shape index (κ3) is 4.94. The van der Waals surface area contributed by atoms with Crippen LogP contribution in [0.1, 0.15) is 92.3 Å². The summed E-state index contributed by atoms with van der Waals surface area (Å²) in [5.74, 6) is 0.0887. The molecule has 5 rings (SSSR count). The van der Waals surface area contributed by atoms with Crippen LogP contribution in [0.2, 0.25) is 10.0 Å². The van der Waals surface area contributed by atoms with E-state index in [4.69, 9.17) is 23.2 Å². The van der Waals surface area contributed by atoms with E-state index in [0.29, 0.717) is 17.4 Å². The number of benzene rings is 1. The average molecular weight is 577 g/mol. The van der Waals surface area contributed by atoms with Crippen LogP contribution < -0.4 is 0 Å². The molecule has 1 aromatic heterocycles. The van der Waals surface area contributed by atoms with E-state index >= 15 is 0 Å². The van der Waals surface area contributed by atoms with Crippen LogP contribution in [0.5, 0.6) is 0 Å². The van der Waals surface area contributed by atoms with E-state index in [1.165, 1.54) is 6.07 Å². The summed E-state index contributed by atoms with van der Waals surface area (Å²) in [6.45, 7) is 9.91. The van der Waals surface area contributed by atoms with Crippen LogP contribution in [0.15, 0.2) is 18.3 Å². The fourth-order valence-electron chi connectivity index (χ4n) is 7.46. The Morgan fingerprint density at radius 1 is 1.13 bits per heavy atom. The molecule has 3 saturated carbocycles. The quantitative estimate of drug-likeness (QED) is 0.264. The Balaban J connectivity index is 1.41. The van der Waals surface area contributed by atoms with Gasteiger partial charge in [-0.05, 0) is 81.3 Å². The minimum atomic E-state index is -0.725. The molecule has 2 aromatic rings. The molecule has 3 fully saturated rings. The van der Waals surface area contributed by atoms with Crippen LogP contribution in [-0.4, -0.2) is 44.7 Å². The van der Waals surface area contributed by atoms with Gasteiger partial charge in [0, 0.05) is 17.7 Å². The summed E-state index contributed by atoms with van der Waals surface area (Å²) in [7, 11) is 0. The summed E-state index contributed by atoms with van der Waals surface area (Å²) >= 11 is 12.4. The second-order valence-corrected chi connectivity index (χ2v) is 13.3. The van der Waals surface area contributed by atoms with Crippen molar-refractivity contribution in [2.45, 2.75) is 78.8 Å². The summed E-state index contributed by atoms with van der Waals surface area (Å²) in [6, 6.07) is 2.44. The predicted octanol–water partition coefficient (Wildman–Crippen LogP) is 6.96. The van der Waals surface area contributed by atoms with Gasteiger partial charge in [-0.15, -0.1) is 0 Å². The zero-order chi connectivity index (χ0) is 28.4. The summed E-state index contributed by atoms with van der Waals surface area (Å²) in [6.07, 6.45) is 5.69. The molecule has 1 amide bonds. The molecule has 9 heteroatoms. The number of carbonyl (C=O) groups is 3. The van der Waals surface area contributed by atoms with E-state index in [0.717, 1.165) is 43.9 Å². The van der Waals surface area contributed by atoms with Gasteiger partial charge >= 0.3 is 0 Å². The summed E-state index contributed by atoms with van der Waals surface area (Å²) in [5, 5.41) is 4.34. The van der Waals surface area contributed by atoms with Crippen molar-refractivity contribution < 1.29 is 18.8 Å². The maximum atomic E-state index is 14.2. The molecule has 3 aliphatic carbocycles. The van der Waals surface area contributed by atoms with Gasteiger partial charge in [-0.25, -0.2) is 4.39 Å². The van der Waals surface area contributed by atoms with Crippen LogP contribution in [0.25, 0.3) is 0 Å². The number of hydrogen-bond acceptors (Lipinski definition) is 4. The van der Waals surface area contributed by atoms with Gasteiger partial charge in [-0.3, -0.25) is 19.1 Å². The molecule has 0 spiro atoms. The van der Waals surface area contributed by atoms with Crippen molar-refractivity contribution in [2.75, 3.05) is 6.54 Å². The highest BCUT2D eigenvalue weighted by atomic mass is 35.5. The maximum absolute atomic E-state index is 14.2. The Labute approximate surface area is 239 Å². The maximum Gasteiger partial charge on any atom is 0.257 e. The van der Waals surface area contributed by atoms with Crippen LogP contribution in [0.3, 0.4) is 0 Å². The van der Waals surface area contributed by atoms with Gasteiger partial charge in [0.25, 0.3) is 5.91 Å². The van der Waals surface area contributed by atoms with Crippen molar-refractivity contribution in [3.8, 4) is 0 Å². The zero-order valence-electron chi connectivity index (χ0n) is 23.1. The van der Waals surface area contributed by atoms with Crippen molar-refractivity contribution >= 4 is 40.7 Å². The molecule has 1 aromatic carbocycles. The van der Waals surface area contributed by atoms with Gasteiger partial charge in [0.2, 0.25) is 0 Å². The van der Waals surface area contributed by atoms with Crippen LogP contribution in [-0.2, 0) is 4.79 Å². The highest BCUT2D eigenvalue weighted by Gasteiger charge is 2.63. The van der Waals surface area contributed by atoms with Crippen molar-refractivity contribution in [3.05, 3.63) is 51.0 Å². The Hall–Kier alpha value is -2.25. The Kier molecular flexibility index (Phi) is 7.47. The lowest BCUT2D eigenvalue weighted by Gasteiger charge is -2.33. The largest absolute Gasteiger partial charge is 0.328 e. The minimum Gasteiger partial charge on any atom is -0.328 e. The fourth-order valence-corrected chi connectivity index (χ4v) is 8.05. The lowest BCUT2D eigenvalue weighted by molar-refractivity contribution is -0.123. The number of nitrogens with zero attached hydrogens (tertiary/aromatic N) is 3. The number of ketones is 2. The molecule has 0 radical (unpaired) electrons. The normalized spacial score (nSPS) is 29.1. The first-order valence-electron chi connectivity index (χ1n) is 13.8. The molecule has 0 aliphatic heterocycles. The number of aromatic nitrogens is 2.